The van der Waals surface area contributed by atoms with Crippen molar-refractivity contribution in [2.45, 2.75) is 64.9 Å². The molecule has 1 N–H and O–H groups in total. The van der Waals surface area contributed by atoms with E-state index in [-0.39, 0.29) is 10.8 Å². The molecule has 0 bridgehead atoms. The molecular weight excluding hydrogens is 320 g/mol. The normalized spacial score (nSPS) is 50.8. The molecule has 0 aromatic carbocycles. The van der Waals surface area contributed by atoms with Crippen LogP contribution in [-0.2, 0) is 4.79 Å². The summed E-state index contributed by atoms with van der Waals surface area (Å²) in [5.41, 5.74) is 1.19. The third-order valence-corrected chi connectivity index (χ3v) is 8.72. The van der Waals surface area contributed by atoms with E-state index < -0.39 is 6.10 Å². The van der Waals surface area contributed by atoms with E-state index in [0.717, 1.165) is 49.9 Å². The van der Waals surface area contributed by atoms with E-state index in [1.807, 2.05) is 0 Å². The van der Waals surface area contributed by atoms with Crippen LogP contribution in [0.2, 0.25) is 0 Å². The Morgan fingerprint density at radius 1 is 1.12 bits per heavy atom. The third kappa shape index (κ3) is 2.22. The van der Waals surface area contributed by atoms with Crippen LogP contribution in [0.25, 0.3) is 0 Å². The van der Waals surface area contributed by atoms with Crippen LogP contribution in [0.3, 0.4) is 0 Å². The molecule has 4 aliphatic rings. The molecule has 0 aromatic rings. The van der Waals surface area contributed by atoms with Crippen molar-refractivity contribution in [1.82, 2.24) is 0 Å². The van der Waals surface area contributed by atoms with Gasteiger partial charge < -0.3 is 5.11 Å². The lowest BCUT2D eigenvalue weighted by Crippen LogP contribution is -2.56. The van der Waals surface area contributed by atoms with Gasteiger partial charge >= 0.3 is 0 Å². The first-order valence-corrected chi connectivity index (χ1v) is 9.96. The first-order chi connectivity index (χ1) is 11.4. The summed E-state index contributed by atoms with van der Waals surface area (Å²) in [6.45, 7) is 4.69. The van der Waals surface area contributed by atoms with Gasteiger partial charge in [-0.15, -0.1) is 0 Å². The molecule has 0 aliphatic heterocycles. The van der Waals surface area contributed by atoms with Crippen molar-refractivity contribution in [3.8, 4) is 0 Å². The predicted octanol–water partition coefficient (Wildman–Crippen LogP) is 4.86. The molecule has 0 spiro atoms. The van der Waals surface area contributed by atoms with Crippen LogP contribution in [0, 0.1) is 34.5 Å². The maximum atomic E-state index is 11.4. The molecule has 24 heavy (non-hydrogen) atoms. The van der Waals surface area contributed by atoms with Gasteiger partial charge in [0.2, 0.25) is 0 Å². The second kappa shape index (κ2) is 5.71. The fourth-order valence-corrected chi connectivity index (χ4v) is 7.23. The molecule has 0 radical (unpaired) electrons. The average molecular weight is 349 g/mol. The summed E-state index contributed by atoms with van der Waals surface area (Å²) in [7, 11) is 0. The molecule has 0 amide bonds. The highest BCUT2D eigenvalue weighted by atomic mass is 35.5. The number of rotatable bonds is 1. The zero-order valence-electron chi connectivity index (χ0n) is 14.8. The SMILES string of the molecule is C[C@]12CC(C=O)=CC[C@@H]1CC[C@@H]1[C@@H]2CC[C@]2(C)[C@@H](O)C(Cl)=CC[C@@H]12. The Hall–Kier alpha value is -0.600. The molecule has 2 nitrogen and oxygen atoms in total. The Kier molecular flexibility index (Phi) is 4.01. The lowest BCUT2D eigenvalue weighted by molar-refractivity contribution is -0.130. The summed E-state index contributed by atoms with van der Waals surface area (Å²) in [6.07, 6.45) is 12.6. The number of hydrogen-bond acceptors (Lipinski definition) is 2. The number of aliphatic hydroxyl groups excluding tert-OH is 1. The van der Waals surface area contributed by atoms with Crippen LogP contribution < -0.4 is 0 Å². The minimum atomic E-state index is -0.499. The number of carbonyl (C=O) groups is 1. The average Bonchev–Trinajstić information content (AvgIpc) is 2.57. The Morgan fingerprint density at radius 3 is 2.67 bits per heavy atom. The minimum absolute atomic E-state index is 0.0752. The molecule has 4 aliphatic carbocycles. The number of carbonyl (C=O) groups excluding carboxylic acids is 1. The van der Waals surface area contributed by atoms with Gasteiger partial charge in [0.25, 0.3) is 0 Å². The van der Waals surface area contributed by atoms with E-state index >= 15 is 0 Å². The molecule has 0 aromatic heterocycles. The van der Waals surface area contributed by atoms with Crippen LogP contribution in [0.4, 0.5) is 0 Å². The lowest BCUT2D eigenvalue weighted by Gasteiger charge is -2.62. The fraction of sp³-hybridized carbons (Fsp3) is 0.762. The van der Waals surface area contributed by atoms with Crippen molar-refractivity contribution in [1.29, 1.82) is 0 Å². The zero-order valence-corrected chi connectivity index (χ0v) is 15.6. The van der Waals surface area contributed by atoms with Crippen LogP contribution in [0.5, 0.6) is 0 Å². The number of hydrogen-bond donors (Lipinski definition) is 1. The maximum Gasteiger partial charge on any atom is 0.145 e. The molecule has 2 fully saturated rings. The minimum Gasteiger partial charge on any atom is -0.387 e. The summed E-state index contributed by atoms with van der Waals surface area (Å²) in [5, 5.41) is 11.4. The van der Waals surface area contributed by atoms with Crippen molar-refractivity contribution in [2.75, 3.05) is 0 Å². The van der Waals surface area contributed by atoms with Gasteiger partial charge in [-0.2, -0.15) is 0 Å². The third-order valence-electron chi connectivity index (χ3n) is 8.36. The fourth-order valence-electron chi connectivity index (χ4n) is 6.89. The first kappa shape index (κ1) is 16.8. The Balaban J connectivity index is 1.67. The van der Waals surface area contributed by atoms with Gasteiger partial charge in [-0.25, -0.2) is 0 Å². The molecule has 7 atom stereocenters. The smallest absolute Gasteiger partial charge is 0.145 e. The van der Waals surface area contributed by atoms with Gasteiger partial charge in [0.05, 0.1) is 6.10 Å². The highest BCUT2D eigenvalue weighted by molar-refractivity contribution is 6.30. The lowest BCUT2D eigenvalue weighted by atomic mass is 9.43. The Morgan fingerprint density at radius 2 is 1.92 bits per heavy atom. The van der Waals surface area contributed by atoms with Crippen LogP contribution in [0.1, 0.15) is 58.8 Å². The summed E-state index contributed by atoms with van der Waals surface area (Å²) >= 11 is 6.29. The van der Waals surface area contributed by atoms with E-state index in [1.165, 1.54) is 12.8 Å². The summed E-state index contributed by atoms with van der Waals surface area (Å²) in [5.74, 6) is 2.58. The maximum absolute atomic E-state index is 11.4. The molecule has 2 saturated carbocycles. The van der Waals surface area contributed by atoms with Gasteiger partial charge in [0, 0.05) is 10.4 Å². The second-order valence-corrected chi connectivity index (χ2v) is 9.67. The highest BCUT2D eigenvalue weighted by Gasteiger charge is 2.58. The molecule has 0 unspecified atom stereocenters. The van der Waals surface area contributed by atoms with E-state index in [4.69, 9.17) is 11.6 Å². The van der Waals surface area contributed by atoms with Gasteiger partial charge in [-0.05, 0) is 79.6 Å². The highest BCUT2D eigenvalue weighted by Crippen LogP contribution is 2.65. The monoisotopic (exact) mass is 348 g/mol. The van der Waals surface area contributed by atoms with E-state index in [9.17, 15) is 9.90 Å². The van der Waals surface area contributed by atoms with Gasteiger partial charge in [-0.1, -0.05) is 37.6 Å². The quantitative estimate of drug-likeness (QED) is 0.687. The Bertz CT molecular complexity index is 609. The van der Waals surface area contributed by atoms with Crippen molar-refractivity contribution < 1.29 is 9.90 Å². The predicted molar refractivity (Wildman–Crippen MR) is 96.6 cm³/mol. The van der Waals surface area contributed by atoms with Gasteiger partial charge in [0.15, 0.2) is 0 Å². The number of aliphatic hydroxyl groups is 1. The number of halogens is 1. The summed E-state index contributed by atoms with van der Waals surface area (Å²) in [4.78, 5) is 11.4. The van der Waals surface area contributed by atoms with Crippen molar-refractivity contribution >= 4 is 17.9 Å². The van der Waals surface area contributed by atoms with Crippen molar-refractivity contribution in [2.24, 2.45) is 34.5 Å². The van der Waals surface area contributed by atoms with Gasteiger partial charge in [-0.3, -0.25) is 4.79 Å². The number of aldehydes is 1. The Labute approximate surface area is 150 Å². The van der Waals surface area contributed by atoms with E-state index in [0.29, 0.717) is 22.8 Å². The first-order valence-electron chi connectivity index (χ1n) is 9.58. The molecule has 0 saturated heterocycles. The van der Waals surface area contributed by atoms with Crippen LogP contribution in [-0.4, -0.2) is 17.5 Å². The van der Waals surface area contributed by atoms with E-state index in [2.05, 4.69) is 26.0 Å². The standard InChI is InChI=1S/C21H29ClO2/c1-20-10-9-17-15(16(20)7-8-18(22)19(20)24)6-5-14-4-3-13(12-23)11-21(14,17)2/h3,8,12,14-17,19,24H,4-7,9-11H2,1-2H3/t14-,15+,16+,17+,19+,20+,21+/m1/s1. The molecule has 0 heterocycles. The molecule has 3 heteroatoms. The largest absolute Gasteiger partial charge is 0.387 e. The topological polar surface area (TPSA) is 37.3 Å². The molecular formula is C21H29ClO2. The molecule has 132 valence electrons. The van der Waals surface area contributed by atoms with Gasteiger partial charge in [0.1, 0.15) is 6.29 Å². The van der Waals surface area contributed by atoms with Crippen LogP contribution in [0.15, 0.2) is 22.8 Å². The zero-order chi connectivity index (χ0) is 17.1. The van der Waals surface area contributed by atoms with Crippen molar-refractivity contribution in [3.05, 3.63) is 22.8 Å². The summed E-state index contributed by atoms with van der Waals surface area (Å²) < 4.78 is 0. The number of fused-ring (bicyclic) bond motifs is 5. The molecule has 4 rings (SSSR count). The second-order valence-electron chi connectivity index (χ2n) is 9.24. The summed E-state index contributed by atoms with van der Waals surface area (Å²) in [6, 6.07) is 0. The number of allylic oxidation sites excluding steroid dienone is 3. The van der Waals surface area contributed by atoms with Crippen LogP contribution >= 0.6 is 11.6 Å². The van der Waals surface area contributed by atoms with E-state index in [1.54, 1.807) is 0 Å². The van der Waals surface area contributed by atoms with Crippen molar-refractivity contribution in [3.63, 3.8) is 0 Å².